The highest BCUT2D eigenvalue weighted by Crippen LogP contribution is 2.14. The molecule has 0 saturated heterocycles. The van der Waals surface area contributed by atoms with Crippen LogP contribution < -0.4 is 0 Å². The Hall–Kier alpha value is -2.20. The summed E-state index contributed by atoms with van der Waals surface area (Å²) in [4.78, 5) is 2.39. The van der Waals surface area contributed by atoms with E-state index < -0.39 is 0 Å². The fourth-order valence-corrected chi connectivity index (χ4v) is 2.41. The molecule has 0 fully saturated rings. The number of aromatic nitrogens is 3. The Kier molecular flexibility index (Phi) is 3.97. The maximum absolute atomic E-state index is 4.28. The maximum atomic E-state index is 4.28. The number of nitrogens with zero attached hydrogens (tertiary/aromatic N) is 4. The average Bonchev–Trinajstić information content (AvgIpc) is 2.91. The summed E-state index contributed by atoms with van der Waals surface area (Å²) in [6, 6.07) is 19.1. The molecule has 3 rings (SSSR count). The Labute approximate surface area is 125 Å². The van der Waals surface area contributed by atoms with Gasteiger partial charge in [0.25, 0.3) is 0 Å². The van der Waals surface area contributed by atoms with E-state index in [1.807, 2.05) is 28.9 Å². The van der Waals surface area contributed by atoms with E-state index in [2.05, 4.69) is 59.4 Å². The minimum absolute atomic E-state index is 0.438. The van der Waals surface area contributed by atoms with Gasteiger partial charge in [-0.15, -0.1) is 5.10 Å². The van der Waals surface area contributed by atoms with E-state index in [1.54, 1.807) is 0 Å². The SMILES string of the molecule is CC(C)N(Cc1ccccc1)Cn1nnc2ccccc21. The zero-order valence-electron chi connectivity index (χ0n) is 12.5. The van der Waals surface area contributed by atoms with Crippen LogP contribution >= 0.6 is 0 Å². The van der Waals surface area contributed by atoms with Gasteiger partial charge in [0.15, 0.2) is 0 Å². The Morgan fingerprint density at radius 2 is 1.71 bits per heavy atom. The molecule has 0 unspecified atom stereocenters. The van der Waals surface area contributed by atoms with Crippen molar-refractivity contribution in [3.05, 3.63) is 60.2 Å². The summed E-state index contributed by atoms with van der Waals surface area (Å²) >= 11 is 0. The molecule has 2 aromatic carbocycles. The Balaban J connectivity index is 1.82. The molecule has 3 aromatic rings. The predicted molar refractivity (Wildman–Crippen MR) is 84.6 cm³/mol. The van der Waals surface area contributed by atoms with Crippen LogP contribution in [-0.2, 0) is 13.2 Å². The molecule has 21 heavy (non-hydrogen) atoms. The number of fused-ring (bicyclic) bond motifs is 1. The second kappa shape index (κ2) is 6.06. The molecule has 0 radical (unpaired) electrons. The highest BCUT2D eigenvalue weighted by molar-refractivity contribution is 5.73. The molecule has 0 bridgehead atoms. The van der Waals surface area contributed by atoms with Gasteiger partial charge in [-0.2, -0.15) is 0 Å². The van der Waals surface area contributed by atoms with Crippen molar-refractivity contribution in [2.24, 2.45) is 0 Å². The van der Waals surface area contributed by atoms with Crippen LogP contribution in [0.2, 0.25) is 0 Å². The first-order chi connectivity index (χ1) is 10.2. The van der Waals surface area contributed by atoms with Crippen molar-refractivity contribution in [3.63, 3.8) is 0 Å². The average molecular weight is 280 g/mol. The summed E-state index contributed by atoms with van der Waals surface area (Å²) in [5, 5.41) is 8.51. The fraction of sp³-hybridized carbons (Fsp3) is 0.294. The number of hydrogen-bond donors (Lipinski definition) is 0. The standard InChI is InChI=1S/C17H20N4/c1-14(2)20(12-15-8-4-3-5-9-15)13-21-17-11-7-6-10-16(17)18-19-21/h3-11,14H,12-13H2,1-2H3. The molecule has 0 aliphatic rings. The van der Waals surface area contributed by atoms with Gasteiger partial charge in [-0.05, 0) is 31.5 Å². The van der Waals surface area contributed by atoms with Crippen LogP contribution in [-0.4, -0.2) is 25.9 Å². The Morgan fingerprint density at radius 3 is 2.48 bits per heavy atom. The van der Waals surface area contributed by atoms with Gasteiger partial charge in [0.2, 0.25) is 0 Å². The highest BCUT2D eigenvalue weighted by Gasteiger charge is 2.13. The number of benzene rings is 2. The minimum atomic E-state index is 0.438. The first-order valence-corrected chi connectivity index (χ1v) is 7.30. The maximum Gasteiger partial charge on any atom is 0.113 e. The second-order valence-electron chi connectivity index (χ2n) is 5.55. The fourth-order valence-electron chi connectivity index (χ4n) is 2.41. The summed E-state index contributed by atoms with van der Waals surface area (Å²) in [7, 11) is 0. The minimum Gasteiger partial charge on any atom is -0.278 e. The third-order valence-electron chi connectivity index (χ3n) is 3.69. The lowest BCUT2D eigenvalue weighted by Crippen LogP contribution is -2.32. The molecule has 0 amide bonds. The molecule has 4 heteroatoms. The van der Waals surface area contributed by atoms with Crippen LogP contribution in [0.5, 0.6) is 0 Å². The largest absolute Gasteiger partial charge is 0.278 e. The van der Waals surface area contributed by atoms with Gasteiger partial charge < -0.3 is 0 Å². The quantitative estimate of drug-likeness (QED) is 0.719. The zero-order chi connectivity index (χ0) is 14.7. The van der Waals surface area contributed by atoms with E-state index in [0.717, 1.165) is 24.2 Å². The van der Waals surface area contributed by atoms with Crippen LogP contribution in [0, 0.1) is 0 Å². The molecule has 4 nitrogen and oxygen atoms in total. The molecule has 108 valence electrons. The number of para-hydroxylation sites is 1. The first-order valence-electron chi connectivity index (χ1n) is 7.30. The van der Waals surface area contributed by atoms with Crippen molar-refractivity contribution in [1.82, 2.24) is 19.9 Å². The number of rotatable bonds is 5. The van der Waals surface area contributed by atoms with E-state index in [4.69, 9.17) is 0 Å². The van der Waals surface area contributed by atoms with Gasteiger partial charge >= 0.3 is 0 Å². The van der Waals surface area contributed by atoms with Crippen LogP contribution in [0.4, 0.5) is 0 Å². The van der Waals surface area contributed by atoms with Gasteiger partial charge in [0.05, 0.1) is 12.2 Å². The van der Waals surface area contributed by atoms with Gasteiger partial charge in [-0.1, -0.05) is 47.7 Å². The summed E-state index contributed by atoms with van der Waals surface area (Å²) in [6.45, 7) is 6.07. The smallest absolute Gasteiger partial charge is 0.113 e. The van der Waals surface area contributed by atoms with E-state index in [-0.39, 0.29) is 0 Å². The van der Waals surface area contributed by atoms with Gasteiger partial charge in [0.1, 0.15) is 5.52 Å². The van der Waals surface area contributed by atoms with Crippen LogP contribution in [0.3, 0.4) is 0 Å². The number of hydrogen-bond acceptors (Lipinski definition) is 3. The van der Waals surface area contributed by atoms with Gasteiger partial charge in [-0.25, -0.2) is 4.68 Å². The molecule has 0 aliphatic carbocycles. The molecular weight excluding hydrogens is 260 g/mol. The molecule has 0 N–H and O–H groups in total. The first kappa shape index (κ1) is 13.8. The van der Waals surface area contributed by atoms with Gasteiger partial charge in [-0.3, -0.25) is 4.90 Å². The zero-order valence-corrected chi connectivity index (χ0v) is 12.5. The van der Waals surface area contributed by atoms with E-state index >= 15 is 0 Å². The van der Waals surface area contributed by atoms with Crippen LogP contribution in [0.1, 0.15) is 19.4 Å². The molecule has 0 spiro atoms. The van der Waals surface area contributed by atoms with E-state index in [0.29, 0.717) is 6.04 Å². The molecule has 1 aromatic heterocycles. The third-order valence-corrected chi connectivity index (χ3v) is 3.69. The lowest BCUT2D eigenvalue weighted by molar-refractivity contribution is 0.156. The molecular formula is C17H20N4. The highest BCUT2D eigenvalue weighted by atomic mass is 15.5. The topological polar surface area (TPSA) is 34.0 Å². The third kappa shape index (κ3) is 3.11. The van der Waals surface area contributed by atoms with Crippen molar-refractivity contribution in [2.45, 2.75) is 33.1 Å². The van der Waals surface area contributed by atoms with Gasteiger partial charge in [0, 0.05) is 12.6 Å². The van der Waals surface area contributed by atoms with E-state index in [9.17, 15) is 0 Å². The molecule has 0 aliphatic heterocycles. The predicted octanol–water partition coefficient (Wildman–Crippen LogP) is 3.30. The second-order valence-corrected chi connectivity index (χ2v) is 5.55. The summed E-state index contributed by atoms with van der Waals surface area (Å²) < 4.78 is 1.97. The summed E-state index contributed by atoms with van der Waals surface area (Å²) in [6.07, 6.45) is 0. The Bertz CT molecular complexity index is 703. The van der Waals surface area contributed by atoms with Crippen LogP contribution in [0.15, 0.2) is 54.6 Å². The molecule has 0 atom stereocenters. The van der Waals surface area contributed by atoms with Crippen LogP contribution in [0.25, 0.3) is 11.0 Å². The lowest BCUT2D eigenvalue weighted by atomic mass is 10.2. The lowest BCUT2D eigenvalue weighted by Gasteiger charge is -2.26. The molecule has 0 saturated carbocycles. The Morgan fingerprint density at radius 1 is 1.00 bits per heavy atom. The van der Waals surface area contributed by atoms with Crippen molar-refractivity contribution < 1.29 is 0 Å². The van der Waals surface area contributed by atoms with Crippen molar-refractivity contribution in [3.8, 4) is 0 Å². The van der Waals surface area contributed by atoms with Crippen molar-refractivity contribution in [1.29, 1.82) is 0 Å². The van der Waals surface area contributed by atoms with Crippen molar-refractivity contribution in [2.75, 3.05) is 0 Å². The molecule has 1 heterocycles. The van der Waals surface area contributed by atoms with Crippen molar-refractivity contribution >= 4 is 11.0 Å². The summed E-state index contributed by atoms with van der Waals surface area (Å²) in [5.74, 6) is 0. The normalized spacial score (nSPS) is 11.6. The van der Waals surface area contributed by atoms with E-state index in [1.165, 1.54) is 5.56 Å². The monoisotopic (exact) mass is 280 g/mol. The summed E-state index contributed by atoms with van der Waals surface area (Å²) in [5.41, 5.74) is 3.34.